The topological polar surface area (TPSA) is 68.0 Å². The average molecular weight is 268 g/mol. The first-order valence-electron chi connectivity index (χ1n) is 6.30. The molecule has 1 aromatic rings. The molecule has 1 unspecified atom stereocenters. The third kappa shape index (κ3) is 4.38. The van der Waals surface area contributed by atoms with E-state index in [0.29, 0.717) is 6.54 Å². The maximum absolute atomic E-state index is 9.55. The number of rotatable bonds is 7. The number of hydrogen-bond donors (Lipinski definition) is 2. The third-order valence-corrected chi connectivity index (χ3v) is 3.08. The van der Waals surface area contributed by atoms with Crippen molar-refractivity contribution in [3.8, 4) is 11.5 Å². The van der Waals surface area contributed by atoms with Gasteiger partial charge in [-0.05, 0) is 37.2 Å². The van der Waals surface area contributed by atoms with E-state index >= 15 is 0 Å². The molecule has 1 aromatic carbocycles. The van der Waals surface area contributed by atoms with E-state index in [1.807, 2.05) is 31.0 Å². The molecule has 5 nitrogen and oxygen atoms in total. The summed E-state index contributed by atoms with van der Waals surface area (Å²) < 4.78 is 10.6. The maximum Gasteiger partial charge on any atom is 0.161 e. The molecule has 0 bridgehead atoms. The van der Waals surface area contributed by atoms with Crippen LogP contribution in [-0.4, -0.2) is 50.5 Å². The van der Waals surface area contributed by atoms with Gasteiger partial charge in [-0.25, -0.2) is 0 Å². The van der Waals surface area contributed by atoms with Crippen molar-refractivity contribution in [1.82, 2.24) is 4.90 Å². The molecule has 0 saturated carbocycles. The zero-order chi connectivity index (χ0) is 14.4. The lowest BCUT2D eigenvalue weighted by Gasteiger charge is -2.21. The number of hydrogen-bond acceptors (Lipinski definition) is 5. The number of likely N-dealkylation sites (N-methyl/N-ethyl adjacent to an activating group) is 1. The van der Waals surface area contributed by atoms with Gasteiger partial charge in [0, 0.05) is 19.6 Å². The van der Waals surface area contributed by atoms with Crippen molar-refractivity contribution >= 4 is 0 Å². The van der Waals surface area contributed by atoms with Gasteiger partial charge in [0.05, 0.1) is 20.3 Å². The second kappa shape index (κ2) is 7.33. The van der Waals surface area contributed by atoms with E-state index in [-0.39, 0.29) is 6.54 Å². The minimum Gasteiger partial charge on any atom is -0.493 e. The second-order valence-electron chi connectivity index (χ2n) is 4.72. The Kier molecular flexibility index (Phi) is 6.08. The molecule has 108 valence electrons. The Balaban J connectivity index is 2.83. The Morgan fingerprint density at radius 2 is 1.84 bits per heavy atom. The van der Waals surface area contributed by atoms with Gasteiger partial charge >= 0.3 is 0 Å². The van der Waals surface area contributed by atoms with Gasteiger partial charge in [0.2, 0.25) is 0 Å². The summed E-state index contributed by atoms with van der Waals surface area (Å²) in [5.41, 5.74) is 7.69. The predicted octanol–water partition coefficient (Wildman–Crippen LogP) is 0.764. The molecule has 19 heavy (non-hydrogen) atoms. The molecule has 0 fully saturated rings. The minimum absolute atomic E-state index is 0.273. The smallest absolute Gasteiger partial charge is 0.161 e. The monoisotopic (exact) mass is 268 g/mol. The lowest BCUT2D eigenvalue weighted by Crippen LogP contribution is -2.33. The summed E-state index contributed by atoms with van der Waals surface area (Å²) in [5.74, 6) is 1.45. The maximum atomic E-state index is 9.55. The summed E-state index contributed by atoms with van der Waals surface area (Å²) in [6.45, 7) is 3.58. The van der Waals surface area contributed by atoms with Crippen molar-refractivity contribution in [2.24, 2.45) is 5.73 Å². The van der Waals surface area contributed by atoms with Crippen LogP contribution in [0.15, 0.2) is 12.1 Å². The van der Waals surface area contributed by atoms with Crippen molar-refractivity contribution < 1.29 is 14.6 Å². The van der Waals surface area contributed by atoms with E-state index in [0.717, 1.165) is 29.2 Å². The normalized spacial score (nSPS) is 12.6. The van der Waals surface area contributed by atoms with E-state index in [4.69, 9.17) is 15.2 Å². The van der Waals surface area contributed by atoms with Gasteiger partial charge in [-0.2, -0.15) is 0 Å². The van der Waals surface area contributed by atoms with Gasteiger partial charge in [-0.1, -0.05) is 0 Å². The molecule has 1 rings (SSSR count). The van der Waals surface area contributed by atoms with Crippen LogP contribution in [0.25, 0.3) is 0 Å². The van der Waals surface area contributed by atoms with Gasteiger partial charge in [-0.3, -0.25) is 4.90 Å². The molecule has 0 aliphatic heterocycles. The van der Waals surface area contributed by atoms with Crippen LogP contribution in [0.1, 0.15) is 11.1 Å². The van der Waals surface area contributed by atoms with Crippen LogP contribution in [-0.2, 0) is 6.54 Å². The van der Waals surface area contributed by atoms with E-state index in [2.05, 4.69) is 0 Å². The van der Waals surface area contributed by atoms with Crippen LogP contribution in [0.2, 0.25) is 0 Å². The number of nitrogens with two attached hydrogens (primary N) is 1. The van der Waals surface area contributed by atoms with Gasteiger partial charge in [-0.15, -0.1) is 0 Å². The summed E-state index contributed by atoms with van der Waals surface area (Å²) >= 11 is 0. The number of aliphatic hydroxyl groups is 1. The molecule has 0 radical (unpaired) electrons. The molecule has 3 N–H and O–H groups in total. The van der Waals surface area contributed by atoms with Gasteiger partial charge < -0.3 is 20.3 Å². The van der Waals surface area contributed by atoms with Crippen molar-refractivity contribution in [3.05, 3.63) is 23.3 Å². The highest BCUT2D eigenvalue weighted by Crippen LogP contribution is 2.30. The molecule has 0 spiro atoms. The fourth-order valence-corrected chi connectivity index (χ4v) is 1.98. The van der Waals surface area contributed by atoms with E-state index in [1.165, 1.54) is 0 Å². The Morgan fingerprint density at radius 3 is 2.37 bits per heavy atom. The van der Waals surface area contributed by atoms with E-state index < -0.39 is 6.10 Å². The summed E-state index contributed by atoms with van der Waals surface area (Å²) in [4.78, 5) is 2.03. The zero-order valence-corrected chi connectivity index (χ0v) is 12.1. The summed E-state index contributed by atoms with van der Waals surface area (Å²) in [6, 6.07) is 3.93. The molecule has 0 saturated heterocycles. The van der Waals surface area contributed by atoms with Crippen LogP contribution in [0, 0.1) is 6.92 Å². The van der Waals surface area contributed by atoms with Crippen molar-refractivity contribution in [3.63, 3.8) is 0 Å². The van der Waals surface area contributed by atoms with Crippen LogP contribution in [0.4, 0.5) is 0 Å². The molecule has 5 heteroatoms. The van der Waals surface area contributed by atoms with Gasteiger partial charge in [0.25, 0.3) is 0 Å². The second-order valence-corrected chi connectivity index (χ2v) is 4.72. The van der Waals surface area contributed by atoms with Crippen molar-refractivity contribution in [2.45, 2.75) is 19.6 Å². The predicted molar refractivity (Wildman–Crippen MR) is 75.7 cm³/mol. The SMILES string of the molecule is COc1cc(C)c(CN(C)CC(O)CN)cc1OC. The molecule has 1 atom stereocenters. The molecule has 0 heterocycles. The zero-order valence-electron chi connectivity index (χ0n) is 12.1. The summed E-state index contributed by atoms with van der Waals surface area (Å²) in [6.07, 6.45) is -0.495. The number of aryl methyl sites for hydroxylation is 1. The Labute approximate surface area is 114 Å². The number of ether oxygens (including phenoxy) is 2. The van der Waals surface area contributed by atoms with E-state index in [1.54, 1.807) is 14.2 Å². The highest BCUT2D eigenvalue weighted by atomic mass is 16.5. The number of benzene rings is 1. The lowest BCUT2D eigenvalue weighted by atomic mass is 10.1. The Morgan fingerprint density at radius 1 is 1.26 bits per heavy atom. The lowest BCUT2D eigenvalue weighted by molar-refractivity contribution is 0.129. The molecule has 0 amide bonds. The van der Waals surface area contributed by atoms with Crippen LogP contribution in [0.5, 0.6) is 11.5 Å². The first-order valence-corrected chi connectivity index (χ1v) is 6.30. The highest BCUT2D eigenvalue weighted by molar-refractivity contribution is 5.47. The van der Waals surface area contributed by atoms with Crippen LogP contribution < -0.4 is 15.2 Å². The Hall–Kier alpha value is -1.30. The largest absolute Gasteiger partial charge is 0.493 e. The molecular weight excluding hydrogens is 244 g/mol. The van der Waals surface area contributed by atoms with Gasteiger partial charge in [0.1, 0.15) is 0 Å². The van der Waals surface area contributed by atoms with Crippen molar-refractivity contribution in [1.29, 1.82) is 0 Å². The molecule has 0 aromatic heterocycles. The van der Waals surface area contributed by atoms with Crippen LogP contribution in [0.3, 0.4) is 0 Å². The summed E-state index contributed by atoms with van der Waals surface area (Å²) in [7, 11) is 5.20. The minimum atomic E-state index is -0.495. The number of methoxy groups -OCH3 is 2. The van der Waals surface area contributed by atoms with Gasteiger partial charge in [0.15, 0.2) is 11.5 Å². The van der Waals surface area contributed by atoms with Crippen LogP contribution >= 0.6 is 0 Å². The quantitative estimate of drug-likeness (QED) is 0.764. The molecule has 0 aliphatic rings. The number of aliphatic hydroxyl groups excluding tert-OH is 1. The first-order chi connectivity index (χ1) is 9.01. The standard InChI is InChI=1S/C14H24N2O3/c1-10-5-13(18-3)14(19-4)6-11(10)8-16(2)9-12(17)7-15/h5-6,12,17H,7-9,15H2,1-4H3. The average Bonchev–Trinajstić information content (AvgIpc) is 2.40. The molecular formula is C14H24N2O3. The highest BCUT2D eigenvalue weighted by Gasteiger charge is 2.12. The van der Waals surface area contributed by atoms with Crippen molar-refractivity contribution in [2.75, 3.05) is 34.4 Å². The Bertz CT molecular complexity index is 410. The fourth-order valence-electron chi connectivity index (χ4n) is 1.98. The molecule has 0 aliphatic carbocycles. The third-order valence-electron chi connectivity index (χ3n) is 3.08. The summed E-state index contributed by atoms with van der Waals surface area (Å²) in [5, 5.41) is 9.55. The fraction of sp³-hybridized carbons (Fsp3) is 0.571. The van der Waals surface area contributed by atoms with E-state index in [9.17, 15) is 5.11 Å². The number of nitrogens with zero attached hydrogens (tertiary/aromatic N) is 1. The first kappa shape index (κ1) is 15.8.